The molecule has 1 aliphatic heterocycles. The van der Waals surface area contributed by atoms with E-state index >= 15 is 0 Å². The van der Waals surface area contributed by atoms with E-state index < -0.39 is 0 Å². The largest absolute Gasteiger partial charge is 0.370 e. The van der Waals surface area contributed by atoms with Crippen molar-refractivity contribution >= 4 is 0 Å². The van der Waals surface area contributed by atoms with E-state index in [1.165, 1.54) is 6.42 Å². The van der Waals surface area contributed by atoms with Gasteiger partial charge in [0.1, 0.15) is 6.10 Å². The molecule has 0 radical (unpaired) electrons. The quantitative estimate of drug-likeness (QED) is 0.919. The Morgan fingerprint density at radius 3 is 2.71 bits per heavy atom. The van der Waals surface area contributed by atoms with Crippen LogP contribution in [0.15, 0.2) is 4.52 Å². The molecule has 1 N–H and O–H groups in total. The fourth-order valence-corrected chi connectivity index (χ4v) is 2.98. The third-order valence-electron chi connectivity index (χ3n) is 4.19. The van der Waals surface area contributed by atoms with Gasteiger partial charge >= 0.3 is 0 Å². The Hall–Kier alpha value is -0.940. The second kappa shape index (κ2) is 6.05. The van der Waals surface area contributed by atoms with Crippen molar-refractivity contribution in [2.45, 2.75) is 66.5 Å². The zero-order chi connectivity index (χ0) is 15.7. The van der Waals surface area contributed by atoms with Gasteiger partial charge in [0.15, 0.2) is 0 Å². The average molecular weight is 295 g/mol. The maximum atomic E-state index is 5.84. The van der Waals surface area contributed by atoms with E-state index in [0.29, 0.717) is 18.3 Å². The van der Waals surface area contributed by atoms with Crippen molar-refractivity contribution in [1.29, 1.82) is 0 Å². The van der Waals surface area contributed by atoms with Gasteiger partial charge < -0.3 is 14.6 Å². The second-order valence-corrected chi connectivity index (χ2v) is 7.67. The predicted molar refractivity (Wildman–Crippen MR) is 81.9 cm³/mol. The molecule has 5 nitrogen and oxygen atoms in total. The molecule has 0 bridgehead atoms. The van der Waals surface area contributed by atoms with Gasteiger partial charge in [-0.05, 0) is 37.1 Å². The number of ether oxygens (including phenoxy) is 1. The van der Waals surface area contributed by atoms with Crippen LogP contribution in [0.4, 0.5) is 0 Å². The van der Waals surface area contributed by atoms with Crippen molar-refractivity contribution < 1.29 is 9.26 Å². The van der Waals surface area contributed by atoms with Crippen molar-refractivity contribution in [3.05, 3.63) is 11.7 Å². The normalized spacial score (nSPS) is 24.0. The summed E-state index contributed by atoms with van der Waals surface area (Å²) in [6, 6.07) is 0.120. The summed E-state index contributed by atoms with van der Waals surface area (Å²) in [5, 5.41) is 7.70. The summed E-state index contributed by atoms with van der Waals surface area (Å²) < 4.78 is 11.4. The number of hydrogen-bond donors (Lipinski definition) is 1. The number of rotatable bonds is 4. The van der Waals surface area contributed by atoms with Crippen LogP contribution in [0.3, 0.4) is 0 Å². The third-order valence-corrected chi connectivity index (χ3v) is 4.19. The van der Waals surface area contributed by atoms with Crippen LogP contribution in [0.5, 0.6) is 0 Å². The molecule has 0 aliphatic carbocycles. The summed E-state index contributed by atoms with van der Waals surface area (Å²) in [6.07, 6.45) is 2.21. The molecular formula is C16H29N3O2. The maximum absolute atomic E-state index is 5.84. The zero-order valence-corrected chi connectivity index (χ0v) is 14.2. The lowest BCUT2D eigenvalue weighted by atomic mass is 9.77. The molecule has 1 aliphatic rings. The van der Waals surface area contributed by atoms with E-state index in [4.69, 9.17) is 9.26 Å². The summed E-state index contributed by atoms with van der Waals surface area (Å²) in [7, 11) is 0. The van der Waals surface area contributed by atoms with E-state index in [-0.39, 0.29) is 23.0 Å². The van der Waals surface area contributed by atoms with Crippen LogP contribution in [0, 0.1) is 10.8 Å². The topological polar surface area (TPSA) is 60.2 Å². The molecule has 2 heterocycles. The summed E-state index contributed by atoms with van der Waals surface area (Å²) in [6.45, 7) is 14.5. The van der Waals surface area contributed by atoms with E-state index in [1.807, 2.05) is 6.92 Å². The SMILES string of the molecule is CCOC(c1noc(C2NCCCC2(C)C)n1)C(C)(C)C. The van der Waals surface area contributed by atoms with Crippen molar-refractivity contribution in [3.8, 4) is 0 Å². The lowest BCUT2D eigenvalue weighted by Gasteiger charge is -2.37. The Kier molecular flexibility index (Phi) is 4.73. The summed E-state index contributed by atoms with van der Waals surface area (Å²) in [5.74, 6) is 1.34. The molecule has 120 valence electrons. The Morgan fingerprint density at radius 2 is 2.14 bits per heavy atom. The first kappa shape index (κ1) is 16.4. The van der Waals surface area contributed by atoms with Crippen LogP contribution in [0.1, 0.15) is 78.2 Å². The Morgan fingerprint density at radius 1 is 1.43 bits per heavy atom. The first-order valence-electron chi connectivity index (χ1n) is 7.94. The molecule has 2 atom stereocenters. The summed E-state index contributed by atoms with van der Waals surface area (Å²) in [4.78, 5) is 4.65. The van der Waals surface area contributed by atoms with Crippen LogP contribution in [0.2, 0.25) is 0 Å². The third kappa shape index (κ3) is 3.64. The molecule has 5 heteroatoms. The second-order valence-electron chi connectivity index (χ2n) is 7.67. The lowest BCUT2D eigenvalue weighted by molar-refractivity contribution is -0.0203. The van der Waals surface area contributed by atoms with Gasteiger partial charge in [-0.25, -0.2) is 0 Å². The molecule has 0 amide bonds. The highest BCUT2D eigenvalue weighted by atomic mass is 16.5. The van der Waals surface area contributed by atoms with Gasteiger partial charge in [0, 0.05) is 6.61 Å². The van der Waals surface area contributed by atoms with Gasteiger partial charge in [-0.3, -0.25) is 0 Å². The molecule has 21 heavy (non-hydrogen) atoms. The standard InChI is InChI=1S/C16H29N3O2/c1-7-20-12(15(2,3)4)13-18-14(21-19-13)11-16(5,6)9-8-10-17-11/h11-12,17H,7-10H2,1-6H3. The van der Waals surface area contributed by atoms with E-state index in [9.17, 15) is 0 Å². The van der Waals surface area contributed by atoms with Gasteiger partial charge in [-0.2, -0.15) is 4.98 Å². The van der Waals surface area contributed by atoms with Gasteiger partial charge in [-0.15, -0.1) is 0 Å². The fourth-order valence-electron chi connectivity index (χ4n) is 2.98. The fraction of sp³-hybridized carbons (Fsp3) is 0.875. The number of piperidine rings is 1. The van der Waals surface area contributed by atoms with Gasteiger partial charge in [0.25, 0.3) is 0 Å². The predicted octanol–water partition coefficient (Wildman–Crippen LogP) is 3.64. The number of hydrogen-bond acceptors (Lipinski definition) is 5. The number of nitrogens with zero attached hydrogens (tertiary/aromatic N) is 2. The first-order valence-corrected chi connectivity index (χ1v) is 7.94. The Balaban J connectivity index is 2.24. The first-order chi connectivity index (χ1) is 9.75. The van der Waals surface area contributed by atoms with Crippen molar-refractivity contribution in [3.63, 3.8) is 0 Å². The van der Waals surface area contributed by atoms with E-state index in [0.717, 1.165) is 13.0 Å². The minimum atomic E-state index is -0.147. The minimum absolute atomic E-state index is 0.0628. The average Bonchev–Trinajstić information content (AvgIpc) is 2.82. The Labute approximate surface area is 127 Å². The van der Waals surface area contributed by atoms with Crippen LogP contribution < -0.4 is 5.32 Å². The molecule has 1 aromatic heterocycles. The highest BCUT2D eigenvalue weighted by Gasteiger charge is 2.38. The maximum Gasteiger partial charge on any atom is 0.244 e. The van der Waals surface area contributed by atoms with Gasteiger partial charge in [-0.1, -0.05) is 39.8 Å². The molecule has 0 saturated carbocycles. The number of aromatic nitrogens is 2. The van der Waals surface area contributed by atoms with Gasteiger partial charge in [0.2, 0.25) is 11.7 Å². The highest BCUT2D eigenvalue weighted by Crippen LogP contribution is 2.40. The molecule has 1 fully saturated rings. The van der Waals surface area contributed by atoms with Crippen molar-refractivity contribution in [1.82, 2.24) is 15.5 Å². The Bertz CT molecular complexity index is 444. The molecule has 0 spiro atoms. The molecule has 0 aromatic carbocycles. The number of nitrogens with one attached hydrogen (secondary N) is 1. The van der Waals surface area contributed by atoms with Crippen LogP contribution in [-0.2, 0) is 4.74 Å². The monoisotopic (exact) mass is 295 g/mol. The molecule has 2 rings (SSSR count). The lowest BCUT2D eigenvalue weighted by Crippen LogP contribution is -2.40. The molecular weight excluding hydrogens is 266 g/mol. The summed E-state index contributed by atoms with van der Waals surface area (Å²) in [5.41, 5.74) is 0.0670. The molecule has 2 unspecified atom stereocenters. The van der Waals surface area contributed by atoms with Crippen LogP contribution in [0.25, 0.3) is 0 Å². The van der Waals surface area contributed by atoms with Gasteiger partial charge in [0.05, 0.1) is 6.04 Å². The summed E-state index contributed by atoms with van der Waals surface area (Å²) >= 11 is 0. The van der Waals surface area contributed by atoms with E-state index in [1.54, 1.807) is 0 Å². The highest BCUT2D eigenvalue weighted by molar-refractivity contribution is 5.04. The van der Waals surface area contributed by atoms with Crippen molar-refractivity contribution in [2.75, 3.05) is 13.2 Å². The molecule has 1 saturated heterocycles. The minimum Gasteiger partial charge on any atom is -0.370 e. The smallest absolute Gasteiger partial charge is 0.244 e. The van der Waals surface area contributed by atoms with Crippen LogP contribution >= 0.6 is 0 Å². The zero-order valence-electron chi connectivity index (χ0n) is 14.2. The van der Waals surface area contributed by atoms with Crippen LogP contribution in [-0.4, -0.2) is 23.3 Å². The van der Waals surface area contributed by atoms with E-state index in [2.05, 4.69) is 50.1 Å². The van der Waals surface area contributed by atoms with Crippen molar-refractivity contribution in [2.24, 2.45) is 10.8 Å². The molecule has 1 aromatic rings.